The second-order valence-electron chi connectivity index (χ2n) is 12.7. The Labute approximate surface area is 202 Å². The predicted molar refractivity (Wildman–Crippen MR) is 127 cm³/mol. The molecule has 3 fully saturated rings. The number of carbonyl (C=O) groups is 1. The van der Waals surface area contributed by atoms with Gasteiger partial charge >= 0.3 is 0 Å². The van der Waals surface area contributed by atoms with Crippen LogP contribution in [0.5, 0.6) is 0 Å². The van der Waals surface area contributed by atoms with Gasteiger partial charge in [0.2, 0.25) is 0 Å². The number of rotatable bonds is 6. The van der Waals surface area contributed by atoms with E-state index in [0.29, 0.717) is 38.5 Å². The first kappa shape index (κ1) is 26.2. The number of ketones is 1. The van der Waals surface area contributed by atoms with Gasteiger partial charge in [0, 0.05) is 17.9 Å². The summed E-state index contributed by atoms with van der Waals surface area (Å²) in [5, 5.41) is 64.7. The Hall–Kier alpha value is -0.830. The molecule has 0 heterocycles. The lowest BCUT2D eigenvalue weighted by molar-refractivity contribution is -0.176. The third kappa shape index (κ3) is 3.65. The molecule has 0 unspecified atom stereocenters. The predicted octanol–water partition coefficient (Wildman–Crippen LogP) is 1.71. The molecular formula is C27H44O7. The van der Waals surface area contributed by atoms with Crippen LogP contribution < -0.4 is 0 Å². The van der Waals surface area contributed by atoms with Crippen LogP contribution in [0.4, 0.5) is 0 Å². The van der Waals surface area contributed by atoms with E-state index in [2.05, 4.69) is 0 Å². The standard InChI is InChI=1S/C27H44O7/c1-15(14-28)5-6-23(32)26(4,33)22-8-10-27(34)17-11-19(29)18-12-20(30)21(31)13-24(18,2)16(17)7-9-25(22,27)3/h11,15-16,18,20-23,28,30-34H,5-10,12-14H2,1-4H3/t15-,16-,18-,20+,21-,22-,23+,24+,25-,26+,27+/m0/s1. The van der Waals surface area contributed by atoms with E-state index >= 15 is 0 Å². The Morgan fingerprint density at radius 2 is 1.79 bits per heavy atom. The van der Waals surface area contributed by atoms with Crippen molar-refractivity contribution in [3.63, 3.8) is 0 Å². The zero-order valence-electron chi connectivity index (χ0n) is 21.1. The van der Waals surface area contributed by atoms with Gasteiger partial charge in [-0.1, -0.05) is 20.8 Å². The first-order valence-electron chi connectivity index (χ1n) is 13.1. The normalized spacial score (nSPS) is 47.6. The molecule has 0 aromatic carbocycles. The lowest BCUT2D eigenvalue weighted by Gasteiger charge is -2.60. The van der Waals surface area contributed by atoms with Crippen molar-refractivity contribution in [2.45, 2.75) is 109 Å². The number of fused-ring (bicyclic) bond motifs is 5. The molecule has 0 saturated heterocycles. The molecule has 11 atom stereocenters. The van der Waals surface area contributed by atoms with E-state index in [9.17, 15) is 35.4 Å². The summed E-state index contributed by atoms with van der Waals surface area (Å²) in [6.45, 7) is 7.59. The second kappa shape index (κ2) is 8.63. The van der Waals surface area contributed by atoms with Gasteiger partial charge in [0.05, 0.1) is 29.5 Å². The van der Waals surface area contributed by atoms with Crippen molar-refractivity contribution in [3.05, 3.63) is 11.6 Å². The molecule has 4 aliphatic rings. The van der Waals surface area contributed by atoms with Gasteiger partial charge in [-0.15, -0.1) is 0 Å². The molecule has 7 nitrogen and oxygen atoms in total. The molecule has 4 aliphatic carbocycles. The summed E-state index contributed by atoms with van der Waals surface area (Å²) in [5.41, 5.74) is -3.21. The minimum Gasteiger partial charge on any atom is -0.396 e. The summed E-state index contributed by atoms with van der Waals surface area (Å²) in [5.74, 6) is -0.859. The van der Waals surface area contributed by atoms with Crippen molar-refractivity contribution in [1.82, 2.24) is 0 Å². The van der Waals surface area contributed by atoms with E-state index in [-0.39, 0.29) is 42.5 Å². The molecule has 0 amide bonds. The maximum absolute atomic E-state index is 13.3. The van der Waals surface area contributed by atoms with E-state index in [1.807, 2.05) is 20.8 Å². The zero-order valence-corrected chi connectivity index (χ0v) is 21.1. The van der Waals surface area contributed by atoms with Gasteiger partial charge in [-0.25, -0.2) is 0 Å². The van der Waals surface area contributed by atoms with Crippen molar-refractivity contribution in [1.29, 1.82) is 0 Å². The third-order valence-electron chi connectivity index (χ3n) is 10.7. The number of allylic oxidation sites excluding steroid dienone is 1. The largest absolute Gasteiger partial charge is 0.396 e. The topological polar surface area (TPSA) is 138 Å². The molecule has 6 N–H and O–H groups in total. The van der Waals surface area contributed by atoms with Crippen molar-refractivity contribution in [2.75, 3.05) is 6.61 Å². The van der Waals surface area contributed by atoms with Crippen LogP contribution >= 0.6 is 0 Å². The molecule has 0 radical (unpaired) electrons. The molecule has 0 aromatic heterocycles. The fourth-order valence-electron chi connectivity index (χ4n) is 8.37. The van der Waals surface area contributed by atoms with Gasteiger partial charge in [0.1, 0.15) is 0 Å². The summed E-state index contributed by atoms with van der Waals surface area (Å²) < 4.78 is 0. The average molecular weight is 481 g/mol. The Morgan fingerprint density at radius 1 is 1.12 bits per heavy atom. The highest BCUT2D eigenvalue weighted by atomic mass is 16.3. The number of aliphatic hydroxyl groups excluding tert-OH is 4. The lowest BCUT2D eigenvalue weighted by atomic mass is 9.45. The smallest absolute Gasteiger partial charge is 0.159 e. The maximum Gasteiger partial charge on any atom is 0.159 e. The number of carbonyl (C=O) groups excluding carboxylic acids is 1. The van der Waals surface area contributed by atoms with Crippen LogP contribution in [0, 0.1) is 34.5 Å². The molecule has 34 heavy (non-hydrogen) atoms. The lowest BCUT2D eigenvalue weighted by Crippen LogP contribution is -2.62. The summed E-state index contributed by atoms with van der Waals surface area (Å²) >= 11 is 0. The molecule has 0 aliphatic heterocycles. The highest BCUT2D eigenvalue weighted by Gasteiger charge is 2.69. The van der Waals surface area contributed by atoms with Crippen molar-refractivity contribution >= 4 is 5.78 Å². The van der Waals surface area contributed by atoms with Gasteiger partial charge < -0.3 is 30.6 Å². The van der Waals surface area contributed by atoms with Crippen LogP contribution in [0.1, 0.15) is 79.1 Å². The van der Waals surface area contributed by atoms with Crippen LogP contribution in [-0.2, 0) is 4.79 Å². The summed E-state index contributed by atoms with van der Waals surface area (Å²) in [4.78, 5) is 13.3. The molecule has 7 heteroatoms. The maximum atomic E-state index is 13.3. The minimum atomic E-state index is -1.42. The van der Waals surface area contributed by atoms with Gasteiger partial charge in [-0.2, -0.15) is 0 Å². The highest BCUT2D eigenvalue weighted by Crippen LogP contribution is 2.68. The Kier molecular flexibility index (Phi) is 6.66. The zero-order chi connectivity index (χ0) is 25.3. The summed E-state index contributed by atoms with van der Waals surface area (Å²) in [6, 6.07) is 0. The van der Waals surface area contributed by atoms with E-state index in [4.69, 9.17) is 0 Å². The van der Waals surface area contributed by atoms with Gasteiger partial charge in [-0.3, -0.25) is 4.79 Å². The summed E-state index contributed by atoms with van der Waals surface area (Å²) in [7, 11) is 0. The second-order valence-corrected chi connectivity index (χ2v) is 12.7. The Morgan fingerprint density at radius 3 is 2.44 bits per heavy atom. The Bertz CT molecular complexity index is 839. The summed E-state index contributed by atoms with van der Waals surface area (Å²) in [6.07, 6.45) is 2.65. The van der Waals surface area contributed by atoms with Gasteiger partial charge in [0.15, 0.2) is 5.78 Å². The van der Waals surface area contributed by atoms with Crippen LogP contribution in [-0.4, -0.2) is 72.5 Å². The van der Waals surface area contributed by atoms with Crippen LogP contribution in [0.2, 0.25) is 0 Å². The van der Waals surface area contributed by atoms with Gasteiger partial charge in [0.25, 0.3) is 0 Å². The quantitative estimate of drug-likeness (QED) is 0.340. The van der Waals surface area contributed by atoms with Crippen LogP contribution in [0.15, 0.2) is 11.6 Å². The fourth-order valence-corrected chi connectivity index (χ4v) is 8.37. The molecule has 0 bridgehead atoms. The van der Waals surface area contributed by atoms with Crippen molar-refractivity contribution < 1.29 is 35.4 Å². The van der Waals surface area contributed by atoms with E-state index in [1.165, 1.54) is 0 Å². The number of hydrogen-bond acceptors (Lipinski definition) is 7. The molecule has 0 aromatic rings. The average Bonchev–Trinajstić information content (AvgIpc) is 3.06. The molecule has 4 rings (SSSR count). The molecule has 3 saturated carbocycles. The molecular weight excluding hydrogens is 436 g/mol. The highest BCUT2D eigenvalue weighted by molar-refractivity contribution is 5.95. The molecule has 194 valence electrons. The van der Waals surface area contributed by atoms with Crippen LogP contribution in [0.3, 0.4) is 0 Å². The molecule has 0 spiro atoms. The fraction of sp³-hybridized carbons (Fsp3) is 0.889. The third-order valence-corrected chi connectivity index (χ3v) is 10.7. The first-order valence-corrected chi connectivity index (χ1v) is 13.1. The first-order chi connectivity index (χ1) is 15.7. The van der Waals surface area contributed by atoms with Crippen molar-refractivity contribution in [3.8, 4) is 0 Å². The van der Waals surface area contributed by atoms with E-state index < -0.39 is 40.3 Å². The SMILES string of the molecule is C[C@H](CO)CC[C@@H](O)[C@](C)(O)[C@H]1CC[C@@]2(O)C3=CC(=O)[C@@H]4C[C@@H](O)[C@@H](O)C[C@]4(C)[C@H]3CC[C@@]12C. The minimum absolute atomic E-state index is 0.0326. The van der Waals surface area contributed by atoms with Crippen molar-refractivity contribution in [2.24, 2.45) is 34.5 Å². The van der Waals surface area contributed by atoms with E-state index in [0.717, 1.165) is 12.0 Å². The number of hydrogen-bond donors (Lipinski definition) is 6. The van der Waals surface area contributed by atoms with Gasteiger partial charge in [-0.05, 0) is 93.1 Å². The monoisotopic (exact) mass is 480 g/mol. The Balaban J connectivity index is 1.65. The van der Waals surface area contributed by atoms with E-state index in [1.54, 1.807) is 13.0 Å². The number of aliphatic hydroxyl groups is 6. The van der Waals surface area contributed by atoms with Crippen LogP contribution in [0.25, 0.3) is 0 Å².